The van der Waals surface area contributed by atoms with Gasteiger partial charge in [0.1, 0.15) is 0 Å². The molecule has 0 saturated carbocycles. The Bertz CT molecular complexity index is 193. The summed E-state index contributed by atoms with van der Waals surface area (Å²) in [6.45, 7) is 14.0. The van der Waals surface area contributed by atoms with Crippen LogP contribution in [0.25, 0.3) is 0 Å². The van der Waals surface area contributed by atoms with E-state index < -0.39 is 0 Å². The van der Waals surface area contributed by atoms with E-state index in [9.17, 15) is 5.11 Å². The normalized spacial score (nSPS) is 16.2. The van der Waals surface area contributed by atoms with E-state index in [-0.39, 0.29) is 11.5 Å². The first kappa shape index (κ1) is 16.9. The van der Waals surface area contributed by atoms with Crippen LogP contribution in [0.15, 0.2) is 0 Å². The Morgan fingerprint density at radius 1 is 1.29 bits per heavy atom. The van der Waals surface area contributed by atoms with Crippen LogP contribution in [0.2, 0.25) is 0 Å². The molecule has 0 bridgehead atoms. The molecule has 0 spiro atoms. The third-order valence-electron chi connectivity index (χ3n) is 3.48. The Morgan fingerprint density at radius 2 is 1.88 bits per heavy atom. The van der Waals surface area contributed by atoms with Gasteiger partial charge in [-0.1, -0.05) is 20.8 Å². The molecule has 0 aliphatic rings. The van der Waals surface area contributed by atoms with E-state index in [0.29, 0.717) is 6.04 Å². The molecule has 0 aromatic carbocycles. The van der Waals surface area contributed by atoms with E-state index >= 15 is 0 Å². The first-order chi connectivity index (χ1) is 7.79. The zero-order valence-electron chi connectivity index (χ0n) is 12.6. The molecule has 0 saturated heterocycles. The quantitative estimate of drug-likeness (QED) is 0.652. The lowest BCUT2D eigenvalue weighted by atomic mass is 9.84. The molecule has 2 N–H and O–H groups in total. The molecule has 17 heavy (non-hydrogen) atoms. The van der Waals surface area contributed by atoms with Crippen LogP contribution in [0.4, 0.5) is 0 Å². The smallest absolute Gasteiger partial charge is 0.0524 e. The second kappa shape index (κ2) is 8.06. The van der Waals surface area contributed by atoms with E-state index in [1.165, 1.54) is 6.42 Å². The highest BCUT2D eigenvalue weighted by molar-refractivity contribution is 4.83. The Morgan fingerprint density at radius 3 is 2.35 bits per heavy atom. The third kappa shape index (κ3) is 7.74. The number of nitrogens with one attached hydrogen (secondary N) is 1. The second-order valence-corrected chi connectivity index (χ2v) is 6.04. The van der Waals surface area contributed by atoms with Crippen molar-refractivity contribution < 1.29 is 5.11 Å². The number of hydrogen-bond acceptors (Lipinski definition) is 3. The Kier molecular flexibility index (Phi) is 8.01. The van der Waals surface area contributed by atoms with Gasteiger partial charge in [-0.05, 0) is 45.7 Å². The molecule has 2 atom stereocenters. The molecule has 2 unspecified atom stereocenters. The van der Waals surface area contributed by atoms with Gasteiger partial charge in [0.15, 0.2) is 0 Å². The van der Waals surface area contributed by atoms with Crippen molar-refractivity contribution in [1.29, 1.82) is 0 Å². The summed E-state index contributed by atoms with van der Waals surface area (Å²) in [6, 6.07) is 0.511. The minimum atomic E-state index is -0.198. The van der Waals surface area contributed by atoms with Crippen molar-refractivity contribution in [3.8, 4) is 0 Å². The summed E-state index contributed by atoms with van der Waals surface area (Å²) in [6.07, 6.45) is 1.83. The van der Waals surface area contributed by atoms with E-state index in [4.69, 9.17) is 0 Å². The van der Waals surface area contributed by atoms with Crippen molar-refractivity contribution in [1.82, 2.24) is 10.2 Å². The summed E-state index contributed by atoms with van der Waals surface area (Å²) in [4.78, 5) is 2.32. The van der Waals surface area contributed by atoms with Gasteiger partial charge >= 0.3 is 0 Å². The molecule has 0 amide bonds. The zero-order chi connectivity index (χ0) is 13.5. The van der Waals surface area contributed by atoms with Gasteiger partial charge in [-0.25, -0.2) is 0 Å². The van der Waals surface area contributed by atoms with Crippen molar-refractivity contribution in [3.63, 3.8) is 0 Å². The van der Waals surface area contributed by atoms with Crippen LogP contribution in [0.5, 0.6) is 0 Å². The van der Waals surface area contributed by atoms with Crippen LogP contribution in [0.3, 0.4) is 0 Å². The highest BCUT2D eigenvalue weighted by Crippen LogP contribution is 2.21. The zero-order valence-corrected chi connectivity index (χ0v) is 12.6. The number of nitrogens with zero attached hydrogens (tertiary/aromatic N) is 1. The Labute approximate surface area is 108 Å². The summed E-state index contributed by atoms with van der Waals surface area (Å²) in [5, 5.41) is 12.9. The number of hydrogen-bond donors (Lipinski definition) is 2. The molecule has 0 fully saturated rings. The molecule has 104 valence electrons. The fourth-order valence-electron chi connectivity index (χ4n) is 1.96. The Balaban J connectivity index is 4.04. The van der Waals surface area contributed by atoms with Gasteiger partial charge in [0.2, 0.25) is 0 Å². The SMILES string of the molecule is CCCNC(C)C(C)(C)CN(C)CCC(C)O. The molecular formula is C14H32N2O. The van der Waals surface area contributed by atoms with Crippen LogP contribution in [-0.2, 0) is 0 Å². The summed E-state index contributed by atoms with van der Waals surface area (Å²) < 4.78 is 0. The maximum absolute atomic E-state index is 9.29. The van der Waals surface area contributed by atoms with Crippen LogP contribution in [0, 0.1) is 5.41 Å². The lowest BCUT2D eigenvalue weighted by Crippen LogP contribution is -2.46. The fraction of sp³-hybridized carbons (Fsp3) is 1.00. The summed E-state index contributed by atoms with van der Waals surface area (Å²) in [5.74, 6) is 0. The molecule has 0 aromatic heterocycles. The maximum Gasteiger partial charge on any atom is 0.0524 e. The maximum atomic E-state index is 9.29. The van der Waals surface area contributed by atoms with Crippen molar-refractivity contribution in [2.75, 3.05) is 26.7 Å². The van der Waals surface area contributed by atoms with E-state index in [0.717, 1.165) is 26.1 Å². The fourth-order valence-corrected chi connectivity index (χ4v) is 1.96. The monoisotopic (exact) mass is 244 g/mol. The van der Waals surface area contributed by atoms with Crippen LogP contribution in [0.1, 0.15) is 47.5 Å². The van der Waals surface area contributed by atoms with Gasteiger partial charge in [0.05, 0.1) is 6.10 Å². The molecule has 0 heterocycles. The average molecular weight is 244 g/mol. The average Bonchev–Trinajstić information content (AvgIpc) is 2.22. The molecular weight excluding hydrogens is 212 g/mol. The van der Waals surface area contributed by atoms with Crippen LogP contribution in [-0.4, -0.2) is 48.8 Å². The van der Waals surface area contributed by atoms with Crippen molar-refractivity contribution in [2.45, 2.75) is 59.6 Å². The molecule has 0 radical (unpaired) electrons. The van der Waals surface area contributed by atoms with Crippen LogP contribution >= 0.6 is 0 Å². The third-order valence-corrected chi connectivity index (χ3v) is 3.48. The van der Waals surface area contributed by atoms with Crippen molar-refractivity contribution in [3.05, 3.63) is 0 Å². The summed E-state index contributed by atoms with van der Waals surface area (Å²) in [7, 11) is 2.14. The molecule has 0 aliphatic heterocycles. The van der Waals surface area contributed by atoms with Gasteiger partial charge < -0.3 is 15.3 Å². The molecule has 3 heteroatoms. The largest absolute Gasteiger partial charge is 0.393 e. The first-order valence-electron chi connectivity index (χ1n) is 6.89. The van der Waals surface area contributed by atoms with E-state index in [1.807, 2.05) is 6.92 Å². The molecule has 0 aromatic rings. The predicted molar refractivity (Wildman–Crippen MR) is 75.3 cm³/mol. The molecule has 0 rings (SSSR count). The lowest BCUT2D eigenvalue weighted by Gasteiger charge is -2.36. The van der Waals surface area contributed by atoms with Gasteiger partial charge in [-0.15, -0.1) is 0 Å². The Hall–Kier alpha value is -0.120. The summed E-state index contributed by atoms with van der Waals surface area (Å²) in [5.41, 5.74) is 0.253. The van der Waals surface area contributed by atoms with Crippen molar-refractivity contribution >= 4 is 0 Å². The summed E-state index contributed by atoms with van der Waals surface area (Å²) >= 11 is 0. The first-order valence-corrected chi connectivity index (χ1v) is 6.89. The number of rotatable bonds is 9. The van der Waals surface area contributed by atoms with Crippen LogP contribution < -0.4 is 5.32 Å². The van der Waals surface area contributed by atoms with Gasteiger partial charge in [0.25, 0.3) is 0 Å². The van der Waals surface area contributed by atoms with Gasteiger partial charge in [0, 0.05) is 19.1 Å². The van der Waals surface area contributed by atoms with E-state index in [1.54, 1.807) is 0 Å². The standard InChI is InChI=1S/C14H32N2O/c1-7-9-15-13(3)14(4,5)11-16(6)10-8-12(2)17/h12-13,15,17H,7-11H2,1-6H3. The van der Waals surface area contributed by atoms with Gasteiger partial charge in [-0.3, -0.25) is 0 Å². The van der Waals surface area contributed by atoms with E-state index in [2.05, 4.69) is 45.0 Å². The second-order valence-electron chi connectivity index (χ2n) is 6.04. The highest BCUT2D eigenvalue weighted by atomic mass is 16.3. The minimum Gasteiger partial charge on any atom is -0.393 e. The molecule has 0 aliphatic carbocycles. The predicted octanol–water partition coefficient (Wildman–Crippen LogP) is 2.10. The number of aliphatic hydroxyl groups excluding tert-OH is 1. The molecule has 3 nitrogen and oxygen atoms in total. The number of aliphatic hydroxyl groups is 1. The van der Waals surface area contributed by atoms with Gasteiger partial charge in [-0.2, -0.15) is 0 Å². The lowest BCUT2D eigenvalue weighted by molar-refractivity contribution is 0.131. The minimum absolute atomic E-state index is 0.198. The van der Waals surface area contributed by atoms with Crippen molar-refractivity contribution in [2.24, 2.45) is 5.41 Å². The topological polar surface area (TPSA) is 35.5 Å². The highest BCUT2D eigenvalue weighted by Gasteiger charge is 2.26.